The molecule has 0 spiro atoms. The fourth-order valence-electron chi connectivity index (χ4n) is 4.91. The van der Waals surface area contributed by atoms with E-state index in [-0.39, 0.29) is 18.4 Å². The van der Waals surface area contributed by atoms with Gasteiger partial charge in [-0.3, -0.25) is 9.59 Å². The number of benzene rings is 2. The minimum Gasteiger partial charge on any atom is -0.497 e. The third-order valence-electron chi connectivity index (χ3n) is 6.59. The van der Waals surface area contributed by atoms with Gasteiger partial charge in [0.1, 0.15) is 18.0 Å². The van der Waals surface area contributed by atoms with Crippen molar-refractivity contribution in [2.75, 3.05) is 27.3 Å². The molecule has 0 bridgehead atoms. The molecule has 2 aromatic carbocycles. The Kier molecular flexibility index (Phi) is 4.43. The maximum Gasteiger partial charge on any atom is 0.255 e. The van der Waals surface area contributed by atoms with Gasteiger partial charge >= 0.3 is 0 Å². The molecule has 31 heavy (non-hydrogen) atoms. The van der Waals surface area contributed by atoms with Crippen molar-refractivity contribution in [3.63, 3.8) is 0 Å². The molecular weight excluding hydrogens is 394 g/mol. The Morgan fingerprint density at radius 1 is 1.03 bits per heavy atom. The van der Waals surface area contributed by atoms with Crippen LogP contribution < -0.4 is 9.47 Å². The molecule has 2 amide bonds. The number of carbonyl (C=O) groups excluding carboxylic acids is 2. The van der Waals surface area contributed by atoms with E-state index < -0.39 is 5.54 Å². The first kappa shape index (κ1) is 19.5. The van der Waals surface area contributed by atoms with Crippen molar-refractivity contribution in [2.24, 2.45) is 0 Å². The monoisotopic (exact) mass is 419 g/mol. The normalized spacial score (nSPS) is 20.6. The summed E-state index contributed by atoms with van der Waals surface area (Å²) in [4.78, 5) is 33.7. The molecule has 7 heteroatoms. The van der Waals surface area contributed by atoms with Gasteiger partial charge in [-0.1, -0.05) is 12.1 Å². The molecule has 160 valence electrons. The lowest BCUT2D eigenvalue weighted by atomic mass is 9.83. The molecule has 0 saturated carbocycles. The second-order valence-corrected chi connectivity index (χ2v) is 8.27. The van der Waals surface area contributed by atoms with Gasteiger partial charge < -0.3 is 24.3 Å². The van der Waals surface area contributed by atoms with Crippen LogP contribution in [0.3, 0.4) is 0 Å². The molecule has 1 saturated heterocycles. The Hall–Kier alpha value is -3.48. The molecule has 7 nitrogen and oxygen atoms in total. The first-order chi connectivity index (χ1) is 15.0. The smallest absolute Gasteiger partial charge is 0.255 e. The number of aromatic nitrogens is 1. The molecule has 0 aliphatic carbocycles. The highest BCUT2D eigenvalue weighted by Crippen LogP contribution is 2.42. The van der Waals surface area contributed by atoms with Crippen LogP contribution in [0.15, 0.2) is 42.5 Å². The predicted molar refractivity (Wildman–Crippen MR) is 116 cm³/mol. The molecule has 1 atom stereocenters. The highest BCUT2D eigenvalue weighted by atomic mass is 16.5. The number of methoxy groups -OCH3 is 2. The molecule has 1 fully saturated rings. The fourth-order valence-corrected chi connectivity index (χ4v) is 4.91. The standard InChI is InChI=1S/C24H25N3O4/c1-24-22-18(19-12-17(31-3)8-9-20(19)25-22)10-11-27(24)21(28)14-26(23(24)29)13-15-4-6-16(30-2)7-5-15/h4-9,12,25H,10-11,13-14H2,1-3H3. The van der Waals surface area contributed by atoms with Crippen LogP contribution in [0, 0.1) is 0 Å². The van der Waals surface area contributed by atoms with Crippen molar-refractivity contribution in [1.82, 2.24) is 14.8 Å². The van der Waals surface area contributed by atoms with E-state index in [0.29, 0.717) is 19.5 Å². The summed E-state index contributed by atoms with van der Waals surface area (Å²) in [6, 6.07) is 13.4. The summed E-state index contributed by atoms with van der Waals surface area (Å²) in [6.07, 6.45) is 0.704. The number of hydrogen-bond acceptors (Lipinski definition) is 4. The molecule has 3 aromatic rings. The van der Waals surface area contributed by atoms with Crippen molar-refractivity contribution < 1.29 is 19.1 Å². The number of ether oxygens (including phenoxy) is 2. The van der Waals surface area contributed by atoms with Crippen molar-refractivity contribution >= 4 is 22.7 Å². The average Bonchev–Trinajstić information content (AvgIpc) is 3.17. The van der Waals surface area contributed by atoms with Gasteiger partial charge in [-0.2, -0.15) is 0 Å². The van der Waals surface area contributed by atoms with Crippen molar-refractivity contribution in [3.05, 3.63) is 59.3 Å². The van der Waals surface area contributed by atoms with E-state index in [4.69, 9.17) is 9.47 Å². The Morgan fingerprint density at radius 3 is 2.45 bits per heavy atom. The topological polar surface area (TPSA) is 74.9 Å². The second-order valence-electron chi connectivity index (χ2n) is 8.27. The van der Waals surface area contributed by atoms with Crippen molar-refractivity contribution in [1.29, 1.82) is 0 Å². The number of piperazine rings is 1. The van der Waals surface area contributed by atoms with E-state index in [0.717, 1.165) is 39.2 Å². The van der Waals surface area contributed by atoms with E-state index in [1.54, 1.807) is 24.0 Å². The Bertz CT molecular complexity index is 1180. The third-order valence-corrected chi connectivity index (χ3v) is 6.59. The Balaban J connectivity index is 1.55. The number of fused-ring (bicyclic) bond motifs is 5. The summed E-state index contributed by atoms with van der Waals surface area (Å²) in [6.45, 7) is 2.85. The van der Waals surface area contributed by atoms with Gasteiger partial charge in [-0.05, 0) is 54.8 Å². The molecule has 2 aliphatic heterocycles. The number of hydrogen-bond donors (Lipinski definition) is 1. The van der Waals surface area contributed by atoms with Gasteiger partial charge in [-0.25, -0.2) is 0 Å². The summed E-state index contributed by atoms with van der Waals surface area (Å²) in [5, 5.41) is 1.04. The summed E-state index contributed by atoms with van der Waals surface area (Å²) in [5.41, 5.74) is 2.74. The van der Waals surface area contributed by atoms with E-state index in [9.17, 15) is 9.59 Å². The highest BCUT2D eigenvalue weighted by molar-refractivity contribution is 6.00. The van der Waals surface area contributed by atoms with Gasteiger partial charge in [0.15, 0.2) is 5.54 Å². The van der Waals surface area contributed by atoms with E-state index in [2.05, 4.69) is 4.98 Å². The SMILES string of the molecule is COc1ccc(CN2CC(=O)N3CCc4c([nH]c5ccc(OC)cc45)C3(C)C2=O)cc1. The van der Waals surface area contributed by atoms with Gasteiger partial charge in [0, 0.05) is 24.0 Å². The van der Waals surface area contributed by atoms with E-state index in [1.165, 1.54) is 0 Å². The molecule has 2 aliphatic rings. The number of aromatic amines is 1. The quantitative estimate of drug-likeness (QED) is 0.706. The number of nitrogens with zero attached hydrogens (tertiary/aromatic N) is 2. The zero-order chi connectivity index (χ0) is 21.8. The molecule has 0 radical (unpaired) electrons. The van der Waals surface area contributed by atoms with Crippen LogP contribution in [-0.2, 0) is 28.1 Å². The average molecular weight is 419 g/mol. The van der Waals surface area contributed by atoms with Gasteiger partial charge in [0.25, 0.3) is 5.91 Å². The lowest BCUT2D eigenvalue weighted by molar-refractivity contribution is -0.166. The third kappa shape index (κ3) is 2.87. The van der Waals surface area contributed by atoms with Crippen LogP contribution in [-0.4, -0.2) is 53.9 Å². The Morgan fingerprint density at radius 2 is 1.74 bits per heavy atom. The maximum absolute atomic E-state index is 13.8. The number of H-pyrrole nitrogens is 1. The molecule has 1 unspecified atom stereocenters. The summed E-state index contributed by atoms with van der Waals surface area (Å²) >= 11 is 0. The summed E-state index contributed by atoms with van der Waals surface area (Å²) in [5.74, 6) is 1.43. The van der Waals surface area contributed by atoms with Crippen molar-refractivity contribution in [2.45, 2.75) is 25.4 Å². The first-order valence-electron chi connectivity index (χ1n) is 10.4. The highest BCUT2D eigenvalue weighted by Gasteiger charge is 2.54. The number of amides is 2. The maximum atomic E-state index is 13.8. The molecule has 5 rings (SSSR count). The van der Waals surface area contributed by atoms with E-state index in [1.807, 2.05) is 49.4 Å². The minimum absolute atomic E-state index is 0.0301. The Labute approximate surface area is 180 Å². The number of rotatable bonds is 4. The van der Waals surface area contributed by atoms with Gasteiger partial charge in [-0.15, -0.1) is 0 Å². The van der Waals surface area contributed by atoms with Crippen LogP contribution in [0.25, 0.3) is 10.9 Å². The van der Waals surface area contributed by atoms with Gasteiger partial charge in [0.05, 0.1) is 19.9 Å². The largest absolute Gasteiger partial charge is 0.497 e. The lowest BCUT2D eigenvalue weighted by Crippen LogP contribution is -2.66. The van der Waals surface area contributed by atoms with Crippen molar-refractivity contribution in [3.8, 4) is 11.5 Å². The first-order valence-corrected chi connectivity index (χ1v) is 10.4. The zero-order valence-electron chi connectivity index (χ0n) is 17.9. The molecular formula is C24H25N3O4. The summed E-state index contributed by atoms with van der Waals surface area (Å²) < 4.78 is 10.6. The number of carbonyl (C=O) groups is 2. The zero-order valence-corrected chi connectivity index (χ0v) is 17.9. The van der Waals surface area contributed by atoms with Crippen LogP contribution >= 0.6 is 0 Å². The second kappa shape index (κ2) is 7.04. The molecule has 3 heterocycles. The lowest BCUT2D eigenvalue weighted by Gasteiger charge is -2.49. The van der Waals surface area contributed by atoms with E-state index >= 15 is 0 Å². The molecule has 1 N–H and O–H groups in total. The fraction of sp³-hybridized carbons (Fsp3) is 0.333. The van der Waals surface area contributed by atoms with Gasteiger partial charge in [0.2, 0.25) is 5.91 Å². The van der Waals surface area contributed by atoms with Crippen LogP contribution in [0.4, 0.5) is 0 Å². The molecule has 1 aromatic heterocycles. The predicted octanol–water partition coefficient (Wildman–Crippen LogP) is 2.83. The van der Waals surface area contributed by atoms with Crippen LogP contribution in [0.1, 0.15) is 23.7 Å². The number of nitrogens with one attached hydrogen (secondary N) is 1. The van der Waals surface area contributed by atoms with Crippen LogP contribution in [0.2, 0.25) is 0 Å². The van der Waals surface area contributed by atoms with Crippen LogP contribution in [0.5, 0.6) is 11.5 Å². The minimum atomic E-state index is -1.05. The summed E-state index contributed by atoms with van der Waals surface area (Å²) in [7, 11) is 3.26.